The molecule has 0 fully saturated rings. The number of nitrogens with two attached hydrogens (primary N) is 1. The topological polar surface area (TPSA) is 80.9 Å². The number of pyridine rings is 2. The van der Waals surface area contributed by atoms with Crippen LogP contribution in [0.1, 0.15) is 10.5 Å². The van der Waals surface area contributed by atoms with Gasteiger partial charge in [0.2, 0.25) is 0 Å². The van der Waals surface area contributed by atoms with Gasteiger partial charge in [-0.25, -0.2) is 0 Å². The molecule has 0 saturated carbocycles. The van der Waals surface area contributed by atoms with Crippen molar-refractivity contribution in [3.63, 3.8) is 0 Å². The van der Waals surface area contributed by atoms with Crippen molar-refractivity contribution in [2.24, 2.45) is 0 Å². The standard InChI is InChI=1S/C15H12N4O/c16-11-4-3-10-5-7-18-14(13(10)8-11)15(20)19-12-2-1-6-17-9-12/h1-9H,16H2,(H,19,20). The predicted molar refractivity (Wildman–Crippen MR) is 78.3 cm³/mol. The second-order valence-electron chi connectivity index (χ2n) is 4.34. The molecular formula is C15H12N4O. The van der Waals surface area contributed by atoms with Crippen LogP contribution < -0.4 is 11.1 Å². The molecule has 98 valence electrons. The first-order valence-corrected chi connectivity index (χ1v) is 6.10. The fraction of sp³-hybridized carbons (Fsp3) is 0. The number of hydrogen-bond acceptors (Lipinski definition) is 4. The van der Waals surface area contributed by atoms with Crippen LogP contribution in [0.3, 0.4) is 0 Å². The van der Waals surface area contributed by atoms with Crippen molar-refractivity contribution in [2.75, 3.05) is 11.1 Å². The Morgan fingerprint density at radius 1 is 1.15 bits per heavy atom. The van der Waals surface area contributed by atoms with E-state index in [1.165, 1.54) is 0 Å². The van der Waals surface area contributed by atoms with Gasteiger partial charge in [0.15, 0.2) is 0 Å². The number of anilines is 2. The van der Waals surface area contributed by atoms with E-state index in [9.17, 15) is 4.79 Å². The van der Waals surface area contributed by atoms with Crippen LogP contribution in [0.25, 0.3) is 10.8 Å². The Balaban J connectivity index is 2.01. The van der Waals surface area contributed by atoms with Crippen molar-refractivity contribution in [3.05, 3.63) is 60.7 Å². The number of nitrogens with one attached hydrogen (secondary N) is 1. The van der Waals surface area contributed by atoms with E-state index in [1.807, 2.05) is 12.1 Å². The number of hydrogen-bond donors (Lipinski definition) is 2. The van der Waals surface area contributed by atoms with Crippen molar-refractivity contribution < 1.29 is 4.79 Å². The molecule has 3 N–H and O–H groups in total. The lowest BCUT2D eigenvalue weighted by Gasteiger charge is -2.07. The van der Waals surface area contributed by atoms with Gasteiger partial charge in [-0.3, -0.25) is 14.8 Å². The van der Waals surface area contributed by atoms with Gasteiger partial charge in [0, 0.05) is 23.5 Å². The van der Waals surface area contributed by atoms with Gasteiger partial charge in [-0.2, -0.15) is 0 Å². The number of benzene rings is 1. The summed E-state index contributed by atoms with van der Waals surface area (Å²) in [5, 5.41) is 4.42. The maximum Gasteiger partial charge on any atom is 0.274 e. The first kappa shape index (κ1) is 12.1. The summed E-state index contributed by atoms with van der Waals surface area (Å²) in [6, 6.07) is 10.8. The van der Waals surface area contributed by atoms with Crippen LogP contribution in [0.4, 0.5) is 11.4 Å². The Bertz CT molecular complexity index is 771. The maximum absolute atomic E-state index is 12.3. The van der Waals surface area contributed by atoms with E-state index in [4.69, 9.17) is 5.73 Å². The van der Waals surface area contributed by atoms with Crippen molar-refractivity contribution in [3.8, 4) is 0 Å². The Morgan fingerprint density at radius 2 is 2.05 bits per heavy atom. The molecule has 0 unspecified atom stereocenters. The summed E-state index contributed by atoms with van der Waals surface area (Å²) in [5.74, 6) is -0.283. The van der Waals surface area contributed by atoms with E-state index in [0.717, 1.165) is 10.8 Å². The molecule has 0 bridgehead atoms. The zero-order valence-corrected chi connectivity index (χ0v) is 10.6. The van der Waals surface area contributed by atoms with Crippen LogP contribution in [0.15, 0.2) is 55.0 Å². The molecule has 0 saturated heterocycles. The highest BCUT2D eigenvalue weighted by Crippen LogP contribution is 2.20. The third-order valence-corrected chi connectivity index (χ3v) is 2.92. The average Bonchev–Trinajstić information content (AvgIpc) is 2.47. The molecule has 20 heavy (non-hydrogen) atoms. The molecule has 0 aliphatic heterocycles. The molecule has 5 heteroatoms. The van der Waals surface area contributed by atoms with Crippen LogP contribution in [-0.2, 0) is 0 Å². The fourth-order valence-electron chi connectivity index (χ4n) is 1.99. The largest absolute Gasteiger partial charge is 0.399 e. The van der Waals surface area contributed by atoms with Crippen molar-refractivity contribution >= 4 is 28.1 Å². The lowest BCUT2D eigenvalue weighted by Crippen LogP contribution is -2.14. The molecular weight excluding hydrogens is 252 g/mol. The van der Waals surface area contributed by atoms with Gasteiger partial charge in [-0.1, -0.05) is 6.07 Å². The zero-order chi connectivity index (χ0) is 13.9. The summed E-state index contributed by atoms with van der Waals surface area (Å²) >= 11 is 0. The monoisotopic (exact) mass is 264 g/mol. The highest BCUT2D eigenvalue weighted by atomic mass is 16.1. The van der Waals surface area contributed by atoms with Gasteiger partial charge >= 0.3 is 0 Å². The molecule has 1 aromatic carbocycles. The van der Waals surface area contributed by atoms with Gasteiger partial charge in [0.05, 0.1) is 11.9 Å². The second kappa shape index (κ2) is 4.97. The number of rotatable bonds is 2. The number of amides is 1. The summed E-state index contributed by atoms with van der Waals surface area (Å²) < 4.78 is 0. The predicted octanol–water partition coefficient (Wildman–Crippen LogP) is 2.46. The summed E-state index contributed by atoms with van der Waals surface area (Å²) in [5.41, 5.74) is 7.35. The molecule has 2 heterocycles. The minimum Gasteiger partial charge on any atom is -0.399 e. The van der Waals surface area contributed by atoms with Gasteiger partial charge in [-0.05, 0) is 35.7 Å². The third kappa shape index (κ3) is 2.29. The molecule has 0 aliphatic carbocycles. The molecule has 3 aromatic rings. The Kier molecular flexibility index (Phi) is 3.01. The second-order valence-corrected chi connectivity index (χ2v) is 4.34. The lowest BCUT2D eigenvalue weighted by atomic mass is 10.1. The van der Waals surface area contributed by atoms with Crippen molar-refractivity contribution in [1.82, 2.24) is 9.97 Å². The van der Waals surface area contributed by atoms with Crippen LogP contribution in [0.5, 0.6) is 0 Å². The van der Waals surface area contributed by atoms with E-state index in [2.05, 4.69) is 15.3 Å². The highest BCUT2D eigenvalue weighted by molar-refractivity contribution is 6.11. The summed E-state index contributed by atoms with van der Waals surface area (Å²) in [4.78, 5) is 20.4. The van der Waals surface area contributed by atoms with Gasteiger partial charge in [-0.15, -0.1) is 0 Å². The first-order valence-electron chi connectivity index (χ1n) is 6.10. The van der Waals surface area contributed by atoms with Gasteiger partial charge in [0.25, 0.3) is 5.91 Å². The molecule has 5 nitrogen and oxygen atoms in total. The lowest BCUT2D eigenvalue weighted by molar-refractivity contribution is 0.102. The molecule has 0 radical (unpaired) electrons. The van der Waals surface area contributed by atoms with Crippen molar-refractivity contribution in [1.29, 1.82) is 0 Å². The number of carbonyl (C=O) groups excluding carboxylic acids is 1. The Morgan fingerprint density at radius 3 is 2.85 bits per heavy atom. The van der Waals surface area contributed by atoms with Crippen LogP contribution in [0.2, 0.25) is 0 Å². The maximum atomic E-state index is 12.3. The number of aromatic nitrogens is 2. The van der Waals surface area contributed by atoms with Crippen LogP contribution in [-0.4, -0.2) is 15.9 Å². The summed E-state index contributed by atoms with van der Waals surface area (Å²) in [6.45, 7) is 0. The number of carbonyl (C=O) groups is 1. The Hall–Kier alpha value is -2.95. The quantitative estimate of drug-likeness (QED) is 0.697. The van der Waals surface area contributed by atoms with E-state index < -0.39 is 0 Å². The first-order chi connectivity index (χ1) is 9.74. The molecule has 0 aliphatic rings. The summed E-state index contributed by atoms with van der Waals surface area (Å²) in [7, 11) is 0. The molecule has 3 rings (SSSR count). The smallest absolute Gasteiger partial charge is 0.274 e. The number of fused-ring (bicyclic) bond motifs is 1. The fourth-order valence-corrected chi connectivity index (χ4v) is 1.99. The highest BCUT2D eigenvalue weighted by Gasteiger charge is 2.12. The van der Waals surface area contributed by atoms with Crippen LogP contribution in [0, 0.1) is 0 Å². The van der Waals surface area contributed by atoms with E-state index in [1.54, 1.807) is 42.9 Å². The van der Waals surface area contributed by atoms with E-state index in [0.29, 0.717) is 17.1 Å². The van der Waals surface area contributed by atoms with Gasteiger partial charge < -0.3 is 11.1 Å². The zero-order valence-electron chi connectivity index (χ0n) is 10.6. The van der Waals surface area contributed by atoms with E-state index in [-0.39, 0.29) is 5.91 Å². The minimum atomic E-state index is -0.283. The molecule has 0 spiro atoms. The van der Waals surface area contributed by atoms with Crippen LogP contribution >= 0.6 is 0 Å². The molecule has 1 amide bonds. The Labute approximate surface area is 115 Å². The normalized spacial score (nSPS) is 10.4. The van der Waals surface area contributed by atoms with E-state index >= 15 is 0 Å². The number of nitrogen functional groups attached to an aromatic ring is 1. The third-order valence-electron chi connectivity index (χ3n) is 2.92. The average molecular weight is 264 g/mol. The molecule has 2 aromatic heterocycles. The summed E-state index contributed by atoms with van der Waals surface area (Å²) in [6.07, 6.45) is 4.83. The minimum absolute atomic E-state index is 0.283. The molecule has 0 atom stereocenters. The SMILES string of the molecule is Nc1ccc2ccnc(C(=O)Nc3cccnc3)c2c1. The van der Waals surface area contributed by atoms with Crippen molar-refractivity contribution in [2.45, 2.75) is 0 Å². The number of nitrogens with zero attached hydrogens (tertiary/aromatic N) is 2. The van der Waals surface area contributed by atoms with Gasteiger partial charge in [0.1, 0.15) is 5.69 Å².